The van der Waals surface area contributed by atoms with Crippen LogP contribution < -0.4 is 15.4 Å². The van der Waals surface area contributed by atoms with Gasteiger partial charge >= 0.3 is 0 Å². The Balaban J connectivity index is 2.23. The van der Waals surface area contributed by atoms with Crippen LogP contribution in [0.3, 0.4) is 0 Å². The van der Waals surface area contributed by atoms with Crippen molar-refractivity contribution in [2.75, 3.05) is 12.4 Å². The molecule has 0 aliphatic rings. The number of hydrogen-bond donors (Lipinski definition) is 2. The topological polar surface area (TPSA) is 50.4 Å². The molecule has 2 aromatic rings. The zero-order chi connectivity index (χ0) is 20.1. The summed E-state index contributed by atoms with van der Waals surface area (Å²) < 4.78 is 5.21. The molecule has 0 saturated carbocycles. The molecular weight excluding hydrogens is 336 g/mol. The Hall–Kier alpha value is -2.49. The van der Waals surface area contributed by atoms with Crippen molar-refractivity contribution in [2.45, 2.75) is 52.6 Å². The summed E-state index contributed by atoms with van der Waals surface area (Å²) in [7, 11) is 1.64. The molecule has 1 unspecified atom stereocenters. The van der Waals surface area contributed by atoms with Crippen molar-refractivity contribution in [1.29, 1.82) is 0 Å². The molecule has 0 fully saturated rings. The minimum absolute atomic E-state index is 0.0359. The van der Waals surface area contributed by atoms with Gasteiger partial charge in [-0.15, -0.1) is 0 Å². The Bertz CT molecular complexity index is 731. The lowest BCUT2D eigenvalue weighted by molar-refractivity contribution is -0.123. The van der Waals surface area contributed by atoms with Gasteiger partial charge in [-0.3, -0.25) is 4.79 Å². The second-order valence-corrected chi connectivity index (χ2v) is 8.83. The van der Waals surface area contributed by atoms with Crippen LogP contribution in [0.2, 0.25) is 0 Å². The Morgan fingerprint density at radius 2 is 1.56 bits per heavy atom. The van der Waals surface area contributed by atoms with E-state index in [1.54, 1.807) is 7.11 Å². The zero-order valence-electron chi connectivity index (χ0n) is 17.3. The van der Waals surface area contributed by atoms with Crippen molar-refractivity contribution in [3.05, 3.63) is 60.2 Å². The van der Waals surface area contributed by atoms with Crippen LogP contribution in [-0.2, 0) is 4.79 Å². The van der Waals surface area contributed by atoms with Gasteiger partial charge in [-0.2, -0.15) is 0 Å². The number of benzene rings is 2. The summed E-state index contributed by atoms with van der Waals surface area (Å²) in [6.45, 7) is 10.7. The van der Waals surface area contributed by atoms with Crippen LogP contribution in [0.1, 0.15) is 52.6 Å². The summed E-state index contributed by atoms with van der Waals surface area (Å²) in [5, 5.41) is 6.59. The SMILES string of the molecule is COc1ccc(NC(C(=O)NC(C)(C)CC(C)(C)C)c2ccccc2)cc1. The summed E-state index contributed by atoms with van der Waals surface area (Å²) in [6.07, 6.45) is 0.885. The minimum Gasteiger partial charge on any atom is -0.497 e. The summed E-state index contributed by atoms with van der Waals surface area (Å²) >= 11 is 0. The van der Waals surface area contributed by atoms with Gasteiger partial charge in [-0.1, -0.05) is 51.1 Å². The van der Waals surface area contributed by atoms with Crippen molar-refractivity contribution in [3.8, 4) is 5.75 Å². The maximum atomic E-state index is 13.2. The highest BCUT2D eigenvalue weighted by atomic mass is 16.5. The predicted molar refractivity (Wildman–Crippen MR) is 112 cm³/mol. The van der Waals surface area contributed by atoms with Crippen LogP contribution in [0.5, 0.6) is 5.75 Å². The van der Waals surface area contributed by atoms with Gasteiger partial charge in [0.1, 0.15) is 11.8 Å². The van der Waals surface area contributed by atoms with Gasteiger partial charge in [0, 0.05) is 11.2 Å². The molecule has 4 heteroatoms. The first-order valence-corrected chi connectivity index (χ1v) is 9.37. The van der Waals surface area contributed by atoms with E-state index in [9.17, 15) is 4.79 Å². The molecule has 146 valence electrons. The number of methoxy groups -OCH3 is 1. The first-order chi connectivity index (χ1) is 12.6. The van der Waals surface area contributed by atoms with Crippen LogP contribution in [-0.4, -0.2) is 18.6 Å². The van der Waals surface area contributed by atoms with E-state index in [1.165, 1.54) is 0 Å². The molecule has 0 radical (unpaired) electrons. The quantitative estimate of drug-likeness (QED) is 0.708. The summed E-state index contributed by atoms with van der Waals surface area (Å²) in [5.74, 6) is 0.749. The fourth-order valence-electron chi connectivity index (χ4n) is 3.58. The van der Waals surface area contributed by atoms with Crippen LogP contribution in [0.25, 0.3) is 0 Å². The minimum atomic E-state index is -0.473. The Kier molecular flexibility index (Phi) is 6.53. The van der Waals surface area contributed by atoms with Gasteiger partial charge < -0.3 is 15.4 Å². The molecule has 1 atom stereocenters. The molecule has 0 aromatic heterocycles. The maximum Gasteiger partial charge on any atom is 0.247 e. The van der Waals surface area contributed by atoms with Crippen LogP contribution in [0.4, 0.5) is 5.69 Å². The molecule has 0 heterocycles. The van der Waals surface area contributed by atoms with Crippen LogP contribution in [0, 0.1) is 5.41 Å². The van der Waals surface area contributed by atoms with E-state index in [-0.39, 0.29) is 16.9 Å². The number of anilines is 1. The monoisotopic (exact) mass is 368 g/mol. The number of nitrogens with one attached hydrogen (secondary N) is 2. The summed E-state index contributed by atoms with van der Waals surface area (Å²) in [4.78, 5) is 13.2. The molecule has 0 aliphatic heterocycles. The molecule has 0 aliphatic carbocycles. The standard InChI is InChI=1S/C23H32N2O2/c1-22(2,3)16-23(4,5)25-21(26)20(17-10-8-7-9-11-17)24-18-12-14-19(27-6)15-13-18/h7-15,20,24H,16H2,1-6H3,(H,25,26). The van der Waals surface area contributed by atoms with Crippen molar-refractivity contribution < 1.29 is 9.53 Å². The highest BCUT2D eigenvalue weighted by Crippen LogP contribution is 2.28. The smallest absolute Gasteiger partial charge is 0.247 e. The third kappa shape index (κ3) is 6.63. The highest BCUT2D eigenvalue weighted by Gasteiger charge is 2.30. The fourth-order valence-corrected chi connectivity index (χ4v) is 3.58. The first-order valence-electron chi connectivity index (χ1n) is 9.37. The van der Waals surface area contributed by atoms with Gasteiger partial charge in [-0.25, -0.2) is 0 Å². The Morgan fingerprint density at radius 3 is 2.07 bits per heavy atom. The molecule has 2 aromatic carbocycles. The number of carbonyl (C=O) groups excluding carboxylic acids is 1. The van der Waals surface area contributed by atoms with Gasteiger partial charge in [0.2, 0.25) is 5.91 Å². The number of carbonyl (C=O) groups is 1. The number of ether oxygens (including phenoxy) is 1. The van der Waals surface area contributed by atoms with Crippen molar-refractivity contribution >= 4 is 11.6 Å². The molecule has 2 N–H and O–H groups in total. The molecule has 0 bridgehead atoms. The fraction of sp³-hybridized carbons (Fsp3) is 0.435. The number of amides is 1. The van der Waals surface area contributed by atoms with E-state index >= 15 is 0 Å². The maximum absolute atomic E-state index is 13.2. The van der Waals surface area contributed by atoms with E-state index in [2.05, 4.69) is 45.3 Å². The summed E-state index contributed by atoms with van der Waals surface area (Å²) in [6, 6.07) is 16.9. The molecule has 2 rings (SSSR count). The zero-order valence-corrected chi connectivity index (χ0v) is 17.3. The lowest BCUT2D eigenvalue weighted by atomic mass is 9.81. The van der Waals surface area contributed by atoms with E-state index < -0.39 is 6.04 Å². The molecule has 1 amide bonds. The van der Waals surface area contributed by atoms with Gasteiger partial charge in [0.15, 0.2) is 0 Å². The van der Waals surface area contributed by atoms with E-state index in [0.717, 1.165) is 23.4 Å². The van der Waals surface area contributed by atoms with Crippen LogP contribution in [0.15, 0.2) is 54.6 Å². The van der Waals surface area contributed by atoms with Gasteiger partial charge in [-0.05, 0) is 55.5 Å². The highest BCUT2D eigenvalue weighted by molar-refractivity contribution is 5.86. The van der Waals surface area contributed by atoms with E-state index in [4.69, 9.17) is 4.74 Å². The lowest BCUT2D eigenvalue weighted by Gasteiger charge is -2.35. The van der Waals surface area contributed by atoms with Crippen molar-refractivity contribution in [1.82, 2.24) is 5.32 Å². The molecular formula is C23H32N2O2. The normalized spacial score (nSPS) is 13.0. The average Bonchev–Trinajstić information content (AvgIpc) is 2.58. The molecule has 27 heavy (non-hydrogen) atoms. The first kappa shape index (κ1) is 20.8. The van der Waals surface area contributed by atoms with Crippen molar-refractivity contribution in [2.24, 2.45) is 5.41 Å². The molecule has 4 nitrogen and oxygen atoms in total. The second kappa shape index (κ2) is 8.47. The van der Waals surface area contributed by atoms with Gasteiger partial charge in [0.05, 0.1) is 7.11 Å². The molecule has 0 spiro atoms. The molecule has 0 saturated heterocycles. The number of rotatable bonds is 7. The van der Waals surface area contributed by atoms with E-state index in [0.29, 0.717) is 0 Å². The third-order valence-corrected chi connectivity index (χ3v) is 4.23. The average molecular weight is 369 g/mol. The Labute approximate surface area is 163 Å². The Morgan fingerprint density at radius 1 is 0.963 bits per heavy atom. The van der Waals surface area contributed by atoms with E-state index in [1.807, 2.05) is 54.6 Å². The third-order valence-electron chi connectivity index (χ3n) is 4.23. The summed E-state index contributed by atoms with van der Waals surface area (Å²) in [5.41, 5.74) is 1.62. The van der Waals surface area contributed by atoms with Gasteiger partial charge in [0.25, 0.3) is 0 Å². The van der Waals surface area contributed by atoms with Crippen LogP contribution >= 0.6 is 0 Å². The lowest BCUT2D eigenvalue weighted by Crippen LogP contribution is -2.48. The number of hydrogen-bond acceptors (Lipinski definition) is 3. The van der Waals surface area contributed by atoms with Crippen molar-refractivity contribution in [3.63, 3.8) is 0 Å². The second-order valence-electron chi connectivity index (χ2n) is 8.83. The predicted octanol–water partition coefficient (Wildman–Crippen LogP) is 5.18. The largest absolute Gasteiger partial charge is 0.497 e.